The maximum Gasteiger partial charge on any atom is 0.262 e. The topological polar surface area (TPSA) is 46.9 Å². The fraction of sp³-hybridized carbons (Fsp3) is 0.375. The molecule has 0 aliphatic heterocycles. The minimum atomic E-state index is -0.0716. The van der Waals surface area contributed by atoms with Crippen molar-refractivity contribution in [3.8, 4) is 0 Å². The molecular weight excluding hydrogens is 250 g/mol. The van der Waals surface area contributed by atoms with Crippen LogP contribution in [-0.4, -0.2) is 15.6 Å². The number of allylic oxidation sites excluding steroid dienone is 1. The summed E-state index contributed by atoms with van der Waals surface area (Å²) < 4.78 is 1.68. The van der Waals surface area contributed by atoms with Gasteiger partial charge in [-0.2, -0.15) is 0 Å². The molecule has 4 heteroatoms. The Bertz CT molecular complexity index is 647. The molecule has 0 atom stereocenters. The van der Waals surface area contributed by atoms with Gasteiger partial charge in [0.05, 0.1) is 11.0 Å². The van der Waals surface area contributed by atoms with E-state index in [4.69, 9.17) is 0 Å². The fourth-order valence-corrected chi connectivity index (χ4v) is 2.66. The molecule has 1 aromatic heterocycles. The summed E-state index contributed by atoms with van der Waals surface area (Å²) in [6, 6.07) is 7.75. The highest BCUT2D eigenvalue weighted by Crippen LogP contribution is 2.27. The van der Waals surface area contributed by atoms with Crippen LogP contribution >= 0.6 is 0 Å². The monoisotopic (exact) mass is 269 g/mol. The zero-order chi connectivity index (χ0) is 13.9. The molecule has 1 aromatic carbocycles. The Balaban J connectivity index is 1.71. The maximum absolute atomic E-state index is 12.1. The van der Waals surface area contributed by atoms with Gasteiger partial charge in [-0.1, -0.05) is 24.6 Å². The first-order valence-corrected chi connectivity index (χ1v) is 7.15. The summed E-state index contributed by atoms with van der Waals surface area (Å²) in [7, 11) is 0. The number of benzene rings is 1. The standard InChI is InChI=1S/C16H19N3O/c1-12-6-8-13(9-7-12)10-16(20)18-19-11-17-14-4-2-3-5-15(14)19/h2-5,10-12H,6-9H2,1H3,(H,18,20). The van der Waals surface area contributed by atoms with Crippen LogP contribution in [0, 0.1) is 5.92 Å². The smallest absolute Gasteiger partial charge is 0.262 e. The molecule has 2 aromatic rings. The number of rotatable bonds is 2. The summed E-state index contributed by atoms with van der Waals surface area (Å²) in [5.41, 5.74) is 5.91. The molecule has 1 saturated carbocycles. The summed E-state index contributed by atoms with van der Waals surface area (Å²) in [4.78, 5) is 16.3. The first-order valence-electron chi connectivity index (χ1n) is 7.15. The van der Waals surface area contributed by atoms with Crippen molar-refractivity contribution in [1.82, 2.24) is 9.66 Å². The summed E-state index contributed by atoms with van der Waals surface area (Å²) >= 11 is 0. The molecule has 1 aliphatic carbocycles. The van der Waals surface area contributed by atoms with Gasteiger partial charge in [-0.3, -0.25) is 10.2 Å². The van der Waals surface area contributed by atoms with Crippen molar-refractivity contribution < 1.29 is 4.79 Å². The molecule has 104 valence electrons. The number of fused-ring (bicyclic) bond motifs is 1. The van der Waals surface area contributed by atoms with E-state index < -0.39 is 0 Å². The molecular formula is C16H19N3O. The van der Waals surface area contributed by atoms with Crippen molar-refractivity contribution in [2.75, 3.05) is 5.43 Å². The Hall–Kier alpha value is -2.10. The third-order valence-corrected chi connectivity index (χ3v) is 3.94. The molecule has 0 spiro atoms. The highest BCUT2D eigenvalue weighted by atomic mass is 16.2. The zero-order valence-corrected chi connectivity index (χ0v) is 11.7. The number of nitrogens with zero attached hydrogens (tertiary/aromatic N) is 2. The molecule has 1 aliphatic rings. The van der Waals surface area contributed by atoms with Crippen LogP contribution in [0.1, 0.15) is 32.6 Å². The first kappa shape index (κ1) is 12.9. The molecule has 1 amide bonds. The Labute approximate surface area is 118 Å². The molecule has 3 rings (SSSR count). The van der Waals surface area contributed by atoms with Gasteiger partial charge >= 0.3 is 0 Å². The number of nitrogens with one attached hydrogen (secondary N) is 1. The van der Waals surface area contributed by atoms with Crippen LogP contribution in [0.4, 0.5) is 0 Å². The van der Waals surface area contributed by atoms with Crippen molar-refractivity contribution in [1.29, 1.82) is 0 Å². The Morgan fingerprint density at radius 2 is 2.10 bits per heavy atom. The Kier molecular flexibility index (Phi) is 3.54. The summed E-state index contributed by atoms with van der Waals surface area (Å²) in [6.07, 6.45) is 7.85. The molecule has 20 heavy (non-hydrogen) atoms. The van der Waals surface area contributed by atoms with E-state index in [0.29, 0.717) is 0 Å². The predicted molar refractivity (Wildman–Crippen MR) is 79.8 cm³/mol. The van der Waals surface area contributed by atoms with Gasteiger partial charge in [-0.25, -0.2) is 9.66 Å². The minimum absolute atomic E-state index is 0.0716. The minimum Gasteiger partial charge on any atom is -0.268 e. The molecule has 0 radical (unpaired) electrons. The van der Waals surface area contributed by atoms with Crippen molar-refractivity contribution in [2.45, 2.75) is 32.6 Å². The van der Waals surface area contributed by atoms with E-state index in [-0.39, 0.29) is 5.91 Å². The molecule has 1 fully saturated rings. The molecule has 1 N–H and O–H groups in total. The van der Waals surface area contributed by atoms with Crippen molar-refractivity contribution >= 4 is 16.9 Å². The number of imidazole rings is 1. The third-order valence-electron chi connectivity index (χ3n) is 3.94. The molecule has 4 nitrogen and oxygen atoms in total. The van der Waals surface area contributed by atoms with Gasteiger partial charge in [0, 0.05) is 6.08 Å². The quantitative estimate of drug-likeness (QED) is 0.851. The lowest BCUT2D eigenvalue weighted by Crippen LogP contribution is -2.20. The first-order chi connectivity index (χ1) is 9.72. The Morgan fingerprint density at radius 1 is 1.35 bits per heavy atom. The average molecular weight is 269 g/mol. The molecule has 0 bridgehead atoms. The van der Waals surface area contributed by atoms with Gasteiger partial charge in [0.2, 0.25) is 0 Å². The number of amides is 1. The molecule has 0 unspecified atom stereocenters. The predicted octanol–water partition coefficient (Wildman–Crippen LogP) is 3.24. The van der Waals surface area contributed by atoms with E-state index in [1.54, 1.807) is 17.1 Å². The van der Waals surface area contributed by atoms with Gasteiger partial charge in [-0.05, 0) is 43.7 Å². The second-order valence-electron chi connectivity index (χ2n) is 5.56. The van der Waals surface area contributed by atoms with Crippen molar-refractivity contribution in [3.05, 3.63) is 42.2 Å². The zero-order valence-electron chi connectivity index (χ0n) is 11.7. The van der Waals surface area contributed by atoms with Crippen LogP contribution < -0.4 is 5.43 Å². The fourth-order valence-electron chi connectivity index (χ4n) is 2.66. The van der Waals surface area contributed by atoms with E-state index >= 15 is 0 Å². The lowest BCUT2D eigenvalue weighted by molar-refractivity contribution is -0.112. The van der Waals surface area contributed by atoms with E-state index in [1.807, 2.05) is 24.3 Å². The van der Waals surface area contributed by atoms with Crippen LogP contribution in [0.15, 0.2) is 42.2 Å². The average Bonchev–Trinajstić information content (AvgIpc) is 2.85. The highest BCUT2D eigenvalue weighted by Gasteiger charge is 2.13. The van der Waals surface area contributed by atoms with Crippen molar-refractivity contribution in [3.63, 3.8) is 0 Å². The van der Waals surface area contributed by atoms with Crippen LogP contribution in [0.3, 0.4) is 0 Å². The number of hydrogen-bond donors (Lipinski definition) is 1. The van der Waals surface area contributed by atoms with E-state index in [9.17, 15) is 4.79 Å². The Morgan fingerprint density at radius 3 is 2.90 bits per heavy atom. The summed E-state index contributed by atoms with van der Waals surface area (Å²) in [5, 5.41) is 0. The second kappa shape index (κ2) is 5.49. The second-order valence-corrected chi connectivity index (χ2v) is 5.56. The largest absolute Gasteiger partial charge is 0.268 e. The van der Waals surface area contributed by atoms with Crippen LogP contribution in [-0.2, 0) is 4.79 Å². The van der Waals surface area contributed by atoms with Crippen LogP contribution in [0.2, 0.25) is 0 Å². The number of aromatic nitrogens is 2. The number of carbonyl (C=O) groups excluding carboxylic acids is 1. The highest BCUT2D eigenvalue weighted by molar-refractivity contribution is 5.95. The number of hydrogen-bond acceptors (Lipinski definition) is 2. The van der Waals surface area contributed by atoms with Gasteiger partial charge in [-0.15, -0.1) is 0 Å². The van der Waals surface area contributed by atoms with Gasteiger partial charge < -0.3 is 0 Å². The van der Waals surface area contributed by atoms with Crippen molar-refractivity contribution in [2.24, 2.45) is 5.92 Å². The molecule has 1 heterocycles. The van der Waals surface area contributed by atoms with Crippen LogP contribution in [0.25, 0.3) is 11.0 Å². The SMILES string of the molecule is CC1CCC(=CC(=O)Nn2cnc3ccccc32)CC1. The van der Waals surface area contributed by atoms with Crippen LogP contribution in [0.5, 0.6) is 0 Å². The summed E-state index contributed by atoms with van der Waals surface area (Å²) in [5.74, 6) is 0.713. The maximum atomic E-state index is 12.1. The summed E-state index contributed by atoms with van der Waals surface area (Å²) in [6.45, 7) is 2.27. The normalized spacial score (nSPS) is 19.1. The number of para-hydroxylation sites is 2. The van der Waals surface area contributed by atoms with E-state index in [0.717, 1.165) is 29.8 Å². The van der Waals surface area contributed by atoms with Gasteiger partial charge in [0.1, 0.15) is 6.33 Å². The lowest BCUT2D eigenvalue weighted by Gasteiger charge is -2.19. The van der Waals surface area contributed by atoms with Gasteiger partial charge in [0.15, 0.2) is 0 Å². The van der Waals surface area contributed by atoms with E-state index in [1.165, 1.54) is 18.4 Å². The van der Waals surface area contributed by atoms with Gasteiger partial charge in [0.25, 0.3) is 5.91 Å². The number of carbonyl (C=O) groups is 1. The van der Waals surface area contributed by atoms with E-state index in [2.05, 4.69) is 17.3 Å². The molecule has 0 saturated heterocycles. The lowest BCUT2D eigenvalue weighted by atomic mass is 9.87. The third kappa shape index (κ3) is 2.74.